The SMILES string of the molecule is CCN(CC)C(=O)CN1CCCN(c2ccnc3cc(Br)cnc23)CC1. The number of amides is 1. The first-order valence-electron chi connectivity index (χ1n) is 9.27. The molecule has 1 fully saturated rings. The second kappa shape index (κ2) is 8.77. The van der Waals surface area contributed by atoms with Crippen LogP contribution in [0.2, 0.25) is 0 Å². The fourth-order valence-corrected chi connectivity index (χ4v) is 3.80. The lowest BCUT2D eigenvalue weighted by Gasteiger charge is -2.26. The van der Waals surface area contributed by atoms with E-state index in [1.807, 2.05) is 43.3 Å². The maximum Gasteiger partial charge on any atom is 0.236 e. The van der Waals surface area contributed by atoms with Crippen LogP contribution in [0.4, 0.5) is 5.69 Å². The minimum atomic E-state index is 0.226. The van der Waals surface area contributed by atoms with E-state index in [2.05, 4.69) is 35.7 Å². The Morgan fingerprint density at radius 2 is 2.00 bits per heavy atom. The van der Waals surface area contributed by atoms with E-state index in [1.54, 1.807) is 0 Å². The summed E-state index contributed by atoms with van der Waals surface area (Å²) in [5, 5.41) is 0. The molecular weight excluding hydrogens is 394 g/mol. The van der Waals surface area contributed by atoms with Crippen LogP contribution in [0.1, 0.15) is 20.3 Å². The van der Waals surface area contributed by atoms with E-state index in [0.29, 0.717) is 6.54 Å². The van der Waals surface area contributed by atoms with Crippen molar-refractivity contribution >= 4 is 38.6 Å². The highest BCUT2D eigenvalue weighted by atomic mass is 79.9. The van der Waals surface area contributed by atoms with Crippen molar-refractivity contribution in [3.63, 3.8) is 0 Å². The number of likely N-dealkylation sites (N-methyl/N-ethyl adjacent to an activating group) is 1. The second-order valence-corrected chi connectivity index (χ2v) is 7.45. The van der Waals surface area contributed by atoms with Crippen LogP contribution < -0.4 is 4.90 Å². The Balaban J connectivity index is 1.70. The van der Waals surface area contributed by atoms with Crippen molar-refractivity contribution in [1.29, 1.82) is 0 Å². The number of halogens is 1. The topological polar surface area (TPSA) is 52.6 Å². The van der Waals surface area contributed by atoms with Crippen LogP contribution in [0.15, 0.2) is 29.0 Å². The molecule has 0 spiro atoms. The number of anilines is 1. The lowest BCUT2D eigenvalue weighted by atomic mass is 10.2. The number of fused-ring (bicyclic) bond motifs is 1. The molecule has 0 atom stereocenters. The van der Waals surface area contributed by atoms with Gasteiger partial charge in [-0.1, -0.05) is 0 Å². The molecule has 1 aliphatic rings. The molecule has 0 aliphatic carbocycles. The molecule has 2 aromatic heterocycles. The Kier molecular flexibility index (Phi) is 6.43. The molecule has 140 valence electrons. The maximum atomic E-state index is 12.4. The predicted octanol–water partition coefficient (Wildman–Crippen LogP) is 2.77. The Morgan fingerprint density at radius 3 is 2.77 bits per heavy atom. The van der Waals surface area contributed by atoms with Crippen LogP contribution in [0, 0.1) is 0 Å². The lowest BCUT2D eigenvalue weighted by Crippen LogP contribution is -2.41. The average molecular weight is 420 g/mol. The molecule has 0 N–H and O–H groups in total. The number of pyridine rings is 2. The molecule has 0 unspecified atom stereocenters. The zero-order chi connectivity index (χ0) is 18.5. The zero-order valence-corrected chi connectivity index (χ0v) is 17.1. The van der Waals surface area contributed by atoms with Gasteiger partial charge in [0.15, 0.2) is 0 Å². The van der Waals surface area contributed by atoms with Gasteiger partial charge in [0.2, 0.25) is 5.91 Å². The van der Waals surface area contributed by atoms with Gasteiger partial charge in [0.25, 0.3) is 0 Å². The number of hydrogen-bond acceptors (Lipinski definition) is 5. The quantitative estimate of drug-likeness (QED) is 0.745. The third-order valence-electron chi connectivity index (χ3n) is 4.93. The monoisotopic (exact) mass is 419 g/mol. The van der Waals surface area contributed by atoms with Gasteiger partial charge >= 0.3 is 0 Å². The van der Waals surface area contributed by atoms with E-state index < -0.39 is 0 Å². The van der Waals surface area contributed by atoms with E-state index in [-0.39, 0.29) is 5.91 Å². The first-order valence-corrected chi connectivity index (χ1v) is 10.1. The van der Waals surface area contributed by atoms with Crippen molar-refractivity contribution < 1.29 is 4.79 Å². The average Bonchev–Trinajstić information content (AvgIpc) is 2.87. The normalized spacial score (nSPS) is 15.9. The third kappa shape index (κ3) is 4.32. The summed E-state index contributed by atoms with van der Waals surface area (Å²) in [5.74, 6) is 0.226. The number of aromatic nitrogens is 2. The van der Waals surface area contributed by atoms with Crippen molar-refractivity contribution in [2.45, 2.75) is 20.3 Å². The van der Waals surface area contributed by atoms with Gasteiger partial charge in [0, 0.05) is 56.1 Å². The summed E-state index contributed by atoms with van der Waals surface area (Å²) < 4.78 is 0.937. The molecule has 0 saturated carbocycles. The van der Waals surface area contributed by atoms with E-state index in [4.69, 9.17) is 0 Å². The third-order valence-corrected chi connectivity index (χ3v) is 5.36. The number of hydrogen-bond donors (Lipinski definition) is 0. The summed E-state index contributed by atoms with van der Waals surface area (Å²) >= 11 is 3.46. The van der Waals surface area contributed by atoms with Crippen LogP contribution in [0.25, 0.3) is 11.0 Å². The van der Waals surface area contributed by atoms with Crippen LogP contribution in [0.3, 0.4) is 0 Å². The predicted molar refractivity (Wildman–Crippen MR) is 108 cm³/mol. The van der Waals surface area contributed by atoms with Crippen LogP contribution in [-0.2, 0) is 4.79 Å². The molecule has 26 heavy (non-hydrogen) atoms. The molecule has 3 rings (SSSR count). The highest BCUT2D eigenvalue weighted by Gasteiger charge is 2.20. The highest BCUT2D eigenvalue weighted by molar-refractivity contribution is 9.10. The Hall–Kier alpha value is -1.73. The summed E-state index contributed by atoms with van der Waals surface area (Å²) in [6, 6.07) is 4.04. The van der Waals surface area contributed by atoms with Gasteiger partial charge in [-0.05, 0) is 48.3 Å². The zero-order valence-electron chi connectivity index (χ0n) is 15.5. The van der Waals surface area contributed by atoms with Gasteiger partial charge in [0.05, 0.1) is 17.7 Å². The molecule has 0 aromatic carbocycles. The fourth-order valence-electron chi connectivity index (χ4n) is 3.48. The summed E-state index contributed by atoms with van der Waals surface area (Å²) in [6.07, 6.45) is 4.70. The van der Waals surface area contributed by atoms with Gasteiger partial charge in [-0.2, -0.15) is 0 Å². The second-order valence-electron chi connectivity index (χ2n) is 6.53. The smallest absolute Gasteiger partial charge is 0.236 e. The maximum absolute atomic E-state index is 12.4. The molecule has 7 heteroatoms. The lowest BCUT2D eigenvalue weighted by molar-refractivity contribution is -0.132. The molecule has 1 aliphatic heterocycles. The van der Waals surface area contributed by atoms with Gasteiger partial charge in [-0.25, -0.2) is 0 Å². The fraction of sp³-hybridized carbons (Fsp3) is 0.526. The molecule has 2 aromatic rings. The van der Waals surface area contributed by atoms with Gasteiger partial charge < -0.3 is 9.80 Å². The Labute approximate surface area is 163 Å². The van der Waals surface area contributed by atoms with E-state index in [0.717, 1.165) is 66.9 Å². The van der Waals surface area contributed by atoms with Crippen molar-refractivity contribution in [2.75, 3.05) is 50.7 Å². The number of carbonyl (C=O) groups excluding carboxylic acids is 1. The van der Waals surface area contributed by atoms with Gasteiger partial charge in [-0.15, -0.1) is 0 Å². The van der Waals surface area contributed by atoms with Crippen molar-refractivity contribution in [3.05, 3.63) is 29.0 Å². The molecule has 6 nitrogen and oxygen atoms in total. The molecular formula is C19H26BrN5O. The van der Waals surface area contributed by atoms with Crippen LogP contribution in [0.5, 0.6) is 0 Å². The molecule has 1 amide bonds. The summed E-state index contributed by atoms with van der Waals surface area (Å²) in [5.41, 5.74) is 2.96. The van der Waals surface area contributed by atoms with Gasteiger partial charge in [-0.3, -0.25) is 19.7 Å². The Bertz CT molecular complexity index is 765. The number of rotatable bonds is 5. The summed E-state index contributed by atoms with van der Waals surface area (Å²) in [6.45, 7) is 9.82. The van der Waals surface area contributed by atoms with E-state index >= 15 is 0 Å². The Morgan fingerprint density at radius 1 is 1.19 bits per heavy atom. The van der Waals surface area contributed by atoms with Crippen LogP contribution in [-0.4, -0.2) is 71.5 Å². The molecule has 3 heterocycles. The van der Waals surface area contributed by atoms with Crippen LogP contribution >= 0.6 is 15.9 Å². The molecule has 0 radical (unpaired) electrons. The minimum Gasteiger partial charge on any atom is -0.368 e. The number of carbonyl (C=O) groups is 1. The highest BCUT2D eigenvalue weighted by Crippen LogP contribution is 2.26. The van der Waals surface area contributed by atoms with Crippen molar-refractivity contribution in [3.8, 4) is 0 Å². The minimum absolute atomic E-state index is 0.226. The molecule has 0 bridgehead atoms. The standard InChI is InChI=1S/C19H26BrN5O/c1-3-24(4-2)18(26)14-23-8-5-9-25(11-10-23)17-6-7-21-16-12-15(20)13-22-19(16)17/h6-7,12-13H,3-5,8-11,14H2,1-2H3. The number of nitrogens with zero attached hydrogens (tertiary/aromatic N) is 5. The largest absolute Gasteiger partial charge is 0.368 e. The van der Waals surface area contributed by atoms with E-state index in [9.17, 15) is 4.79 Å². The van der Waals surface area contributed by atoms with Crippen molar-refractivity contribution in [1.82, 2.24) is 19.8 Å². The first kappa shape index (κ1) is 19.0. The summed E-state index contributed by atoms with van der Waals surface area (Å²) in [4.78, 5) is 27.9. The first-order chi connectivity index (χ1) is 12.6. The molecule has 1 saturated heterocycles. The van der Waals surface area contributed by atoms with E-state index in [1.165, 1.54) is 0 Å². The van der Waals surface area contributed by atoms with Crippen molar-refractivity contribution in [2.24, 2.45) is 0 Å². The summed E-state index contributed by atoms with van der Waals surface area (Å²) in [7, 11) is 0. The van der Waals surface area contributed by atoms with Gasteiger partial charge in [0.1, 0.15) is 5.52 Å².